The van der Waals surface area contributed by atoms with Crippen LogP contribution in [0.25, 0.3) is 0 Å². The quantitative estimate of drug-likeness (QED) is 0.687. The molecule has 4 nitrogen and oxygen atoms in total. The third-order valence-electron chi connectivity index (χ3n) is 2.81. The molecule has 0 aliphatic heterocycles. The first-order valence-corrected chi connectivity index (χ1v) is 6.24. The molecule has 0 aromatic carbocycles. The van der Waals surface area contributed by atoms with E-state index in [9.17, 15) is 8.42 Å². The number of hydrogen-bond acceptors (Lipinski definition) is 3. The van der Waals surface area contributed by atoms with Gasteiger partial charge in [0, 0.05) is 6.04 Å². The van der Waals surface area contributed by atoms with Crippen LogP contribution in [0.4, 0.5) is 0 Å². The summed E-state index contributed by atoms with van der Waals surface area (Å²) in [6.45, 7) is 0. The van der Waals surface area contributed by atoms with Gasteiger partial charge in [-0.2, -0.15) is 0 Å². The average Bonchev–Trinajstić information content (AvgIpc) is 2.18. The highest BCUT2D eigenvalue weighted by Crippen LogP contribution is 2.23. The van der Waals surface area contributed by atoms with Gasteiger partial charge in [0.1, 0.15) is 0 Å². The van der Waals surface area contributed by atoms with Crippen molar-refractivity contribution in [2.45, 2.75) is 37.0 Å². The summed E-state index contributed by atoms with van der Waals surface area (Å²) >= 11 is 0. The third-order valence-corrected chi connectivity index (χ3v) is 4.72. The SMILES string of the molecule is CNC1CCC(S(=O)(=O)NC)CC1. The van der Waals surface area contributed by atoms with Crippen LogP contribution in [-0.2, 0) is 10.0 Å². The van der Waals surface area contributed by atoms with Gasteiger partial charge in [0.25, 0.3) is 0 Å². The summed E-state index contributed by atoms with van der Waals surface area (Å²) in [6.07, 6.45) is 3.47. The molecule has 0 heterocycles. The zero-order valence-electron chi connectivity index (χ0n) is 8.21. The van der Waals surface area contributed by atoms with E-state index >= 15 is 0 Å². The zero-order valence-corrected chi connectivity index (χ0v) is 9.02. The number of nitrogens with one attached hydrogen (secondary N) is 2. The smallest absolute Gasteiger partial charge is 0.214 e. The van der Waals surface area contributed by atoms with E-state index in [2.05, 4.69) is 10.0 Å². The van der Waals surface area contributed by atoms with Gasteiger partial charge in [-0.05, 0) is 39.8 Å². The van der Waals surface area contributed by atoms with Gasteiger partial charge in [0.15, 0.2) is 0 Å². The van der Waals surface area contributed by atoms with Crippen LogP contribution < -0.4 is 10.0 Å². The molecule has 1 aliphatic rings. The van der Waals surface area contributed by atoms with Crippen molar-refractivity contribution in [3.63, 3.8) is 0 Å². The molecule has 1 rings (SSSR count). The summed E-state index contributed by atoms with van der Waals surface area (Å²) in [5, 5.41) is 3.00. The summed E-state index contributed by atoms with van der Waals surface area (Å²) in [7, 11) is 0.383. The monoisotopic (exact) mass is 206 g/mol. The molecule has 1 saturated carbocycles. The second-order valence-corrected chi connectivity index (χ2v) is 5.68. The Morgan fingerprint density at radius 3 is 2.00 bits per heavy atom. The predicted octanol–water partition coefficient (Wildman–Crippen LogP) is 0.0662. The molecule has 0 atom stereocenters. The molecule has 2 N–H and O–H groups in total. The molecule has 0 aromatic heterocycles. The van der Waals surface area contributed by atoms with Gasteiger partial charge in [-0.1, -0.05) is 0 Å². The first-order valence-electron chi connectivity index (χ1n) is 4.69. The number of hydrogen-bond donors (Lipinski definition) is 2. The van der Waals surface area contributed by atoms with Crippen LogP contribution in [0, 0.1) is 0 Å². The second-order valence-electron chi connectivity index (χ2n) is 3.51. The average molecular weight is 206 g/mol. The Morgan fingerprint density at radius 1 is 1.08 bits per heavy atom. The minimum atomic E-state index is -3.03. The molecule has 0 saturated heterocycles. The molecule has 0 aromatic rings. The lowest BCUT2D eigenvalue weighted by molar-refractivity contribution is 0.390. The largest absolute Gasteiger partial charge is 0.317 e. The fourth-order valence-electron chi connectivity index (χ4n) is 1.83. The van der Waals surface area contributed by atoms with E-state index in [1.165, 1.54) is 7.05 Å². The molecule has 1 aliphatic carbocycles. The van der Waals surface area contributed by atoms with Crippen LogP contribution in [0.2, 0.25) is 0 Å². The van der Waals surface area contributed by atoms with Crippen molar-refractivity contribution in [1.29, 1.82) is 0 Å². The van der Waals surface area contributed by atoms with Gasteiger partial charge in [-0.3, -0.25) is 0 Å². The highest BCUT2D eigenvalue weighted by atomic mass is 32.2. The van der Waals surface area contributed by atoms with Crippen LogP contribution in [0.1, 0.15) is 25.7 Å². The van der Waals surface area contributed by atoms with Crippen LogP contribution in [0.15, 0.2) is 0 Å². The molecule has 0 radical (unpaired) electrons. The summed E-state index contributed by atoms with van der Waals surface area (Å²) in [5.41, 5.74) is 0. The normalized spacial score (nSPS) is 30.3. The van der Waals surface area contributed by atoms with E-state index in [1.807, 2.05) is 7.05 Å². The van der Waals surface area contributed by atoms with Gasteiger partial charge in [0.2, 0.25) is 10.0 Å². The second kappa shape index (κ2) is 4.39. The highest BCUT2D eigenvalue weighted by molar-refractivity contribution is 7.90. The molecule has 78 valence electrons. The fourth-order valence-corrected chi connectivity index (χ4v) is 3.05. The summed E-state index contributed by atoms with van der Waals surface area (Å²) in [4.78, 5) is 0. The Labute approximate surface area is 80.1 Å². The van der Waals surface area contributed by atoms with Crippen molar-refractivity contribution in [3.05, 3.63) is 0 Å². The van der Waals surface area contributed by atoms with Crippen molar-refractivity contribution in [3.8, 4) is 0 Å². The molecule has 1 fully saturated rings. The lowest BCUT2D eigenvalue weighted by atomic mass is 9.95. The number of rotatable bonds is 3. The maximum atomic E-state index is 11.4. The van der Waals surface area contributed by atoms with Crippen molar-refractivity contribution in [1.82, 2.24) is 10.0 Å². The minimum absolute atomic E-state index is 0.179. The molecule has 5 heteroatoms. The van der Waals surface area contributed by atoms with Gasteiger partial charge in [-0.15, -0.1) is 0 Å². The van der Waals surface area contributed by atoms with Crippen molar-refractivity contribution in [2.24, 2.45) is 0 Å². The molecule has 0 spiro atoms. The maximum absolute atomic E-state index is 11.4. The first-order chi connectivity index (χ1) is 6.10. The van der Waals surface area contributed by atoms with E-state index in [4.69, 9.17) is 0 Å². The van der Waals surface area contributed by atoms with E-state index in [1.54, 1.807) is 0 Å². The minimum Gasteiger partial charge on any atom is -0.317 e. The highest BCUT2D eigenvalue weighted by Gasteiger charge is 2.28. The number of sulfonamides is 1. The Bertz CT molecular complexity index is 243. The first kappa shape index (κ1) is 10.9. The molecule has 0 bridgehead atoms. The lowest BCUT2D eigenvalue weighted by Gasteiger charge is -2.27. The molecule has 0 unspecified atom stereocenters. The molecular formula is C8H18N2O2S. The van der Waals surface area contributed by atoms with Crippen LogP contribution >= 0.6 is 0 Å². The van der Waals surface area contributed by atoms with Gasteiger partial charge >= 0.3 is 0 Å². The zero-order chi connectivity index (χ0) is 9.90. The fraction of sp³-hybridized carbons (Fsp3) is 1.00. The van der Waals surface area contributed by atoms with Crippen LogP contribution in [0.3, 0.4) is 0 Å². The summed E-state index contributed by atoms with van der Waals surface area (Å²) in [5.74, 6) is 0. The molecular weight excluding hydrogens is 188 g/mol. The summed E-state index contributed by atoms with van der Waals surface area (Å²) in [6, 6.07) is 0.503. The predicted molar refractivity (Wildman–Crippen MR) is 53.1 cm³/mol. The topological polar surface area (TPSA) is 58.2 Å². The van der Waals surface area contributed by atoms with E-state index in [0.29, 0.717) is 6.04 Å². The van der Waals surface area contributed by atoms with Crippen molar-refractivity contribution in [2.75, 3.05) is 14.1 Å². The van der Waals surface area contributed by atoms with E-state index in [0.717, 1.165) is 25.7 Å². The van der Waals surface area contributed by atoms with E-state index in [-0.39, 0.29) is 5.25 Å². The Morgan fingerprint density at radius 2 is 1.62 bits per heavy atom. The van der Waals surface area contributed by atoms with Crippen molar-refractivity contribution < 1.29 is 8.42 Å². The Hall–Kier alpha value is -0.130. The summed E-state index contributed by atoms with van der Waals surface area (Å²) < 4.78 is 25.2. The maximum Gasteiger partial charge on any atom is 0.214 e. The molecule has 0 amide bonds. The third kappa shape index (κ3) is 2.65. The van der Waals surface area contributed by atoms with Crippen LogP contribution in [-0.4, -0.2) is 33.8 Å². The van der Waals surface area contributed by atoms with Gasteiger partial charge in [-0.25, -0.2) is 13.1 Å². The van der Waals surface area contributed by atoms with Crippen LogP contribution in [0.5, 0.6) is 0 Å². The van der Waals surface area contributed by atoms with Crippen molar-refractivity contribution >= 4 is 10.0 Å². The standard InChI is InChI=1S/C8H18N2O2S/c1-9-7-3-5-8(6-4-7)13(11,12)10-2/h7-10H,3-6H2,1-2H3. The molecule has 13 heavy (non-hydrogen) atoms. The van der Waals surface area contributed by atoms with E-state index < -0.39 is 10.0 Å². The van der Waals surface area contributed by atoms with Gasteiger partial charge < -0.3 is 5.32 Å². The van der Waals surface area contributed by atoms with Gasteiger partial charge in [0.05, 0.1) is 5.25 Å². The lowest BCUT2D eigenvalue weighted by Crippen LogP contribution is -2.39. The Kier molecular flexibility index (Phi) is 3.70. The Balaban J connectivity index is 2.50.